The Morgan fingerprint density at radius 3 is 2.43 bits per heavy atom. The number of fused-ring (bicyclic) bond motifs is 1. The first kappa shape index (κ1) is 19.0. The lowest BCUT2D eigenvalue weighted by Gasteiger charge is -2.24. The van der Waals surface area contributed by atoms with E-state index in [1.165, 1.54) is 4.90 Å². The van der Waals surface area contributed by atoms with E-state index in [1.807, 2.05) is 24.3 Å². The molecule has 126 valence electrons. The number of H-pyrrole nitrogens is 1. The van der Waals surface area contributed by atoms with Gasteiger partial charge in [0.1, 0.15) is 5.69 Å². The molecule has 0 saturated heterocycles. The first-order chi connectivity index (χ1) is 10.6. The van der Waals surface area contributed by atoms with E-state index < -0.39 is 0 Å². The monoisotopic (exact) mass is 337 g/mol. The molecule has 0 spiro atoms. The molecular formula is C16H24ClN5O. The smallest absolute Gasteiger partial charge is 0.277 e. The standard InChI is InChI=1S/C16H23N5O.ClH/c1-3-20(4-2)9-10-21(16(17)18)15(22)14-11-12-7-5-6-8-13(12)19-14;/h5-8,11,19H,3-4,9-10H2,1-2H3,(H3,17,18);1H. The molecule has 0 saturated carbocycles. The minimum absolute atomic E-state index is 0. The van der Waals surface area contributed by atoms with E-state index >= 15 is 0 Å². The zero-order valence-electron chi connectivity index (χ0n) is 13.5. The summed E-state index contributed by atoms with van der Waals surface area (Å²) in [6, 6.07) is 9.49. The van der Waals surface area contributed by atoms with Crippen molar-refractivity contribution in [2.45, 2.75) is 13.8 Å². The van der Waals surface area contributed by atoms with Gasteiger partial charge in [-0.1, -0.05) is 32.0 Å². The topological polar surface area (TPSA) is 89.2 Å². The van der Waals surface area contributed by atoms with Crippen LogP contribution < -0.4 is 5.73 Å². The quantitative estimate of drug-likeness (QED) is 0.558. The molecular weight excluding hydrogens is 314 g/mol. The molecule has 0 fully saturated rings. The van der Waals surface area contributed by atoms with E-state index in [4.69, 9.17) is 11.1 Å². The summed E-state index contributed by atoms with van der Waals surface area (Å²) in [5.41, 5.74) is 6.95. The molecule has 0 bridgehead atoms. The summed E-state index contributed by atoms with van der Waals surface area (Å²) in [6.07, 6.45) is 0. The Hall–Kier alpha value is -2.05. The van der Waals surface area contributed by atoms with Gasteiger partial charge in [-0.2, -0.15) is 0 Å². The third-order valence-corrected chi connectivity index (χ3v) is 3.83. The number of halogens is 1. The van der Waals surface area contributed by atoms with Crippen LogP contribution in [0, 0.1) is 5.41 Å². The summed E-state index contributed by atoms with van der Waals surface area (Å²) >= 11 is 0. The molecule has 2 rings (SSSR count). The highest BCUT2D eigenvalue weighted by Crippen LogP contribution is 2.16. The van der Waals surface area contributed by atoms with Crippen LogP contribution in [0.25, 0.3) is 10.9 Å². The van der Waals surface area contributed by atoms with Crippen LogP contribution >= 0.6 is 12.4 Å². The molecule has 1 heterocycles. The lowest BCUT2D eigenvalue weighted by atomic mass is 10.2. The molecule has 2 aromatic rings. The summed E-state index contributed by atoms with van der Waals surface area (Å²) < 4.78 is 0. The van der Waals surface area contributed by atoms with Crippen molar-refractivity contribution in [1.29, 1.82) is 5.41 Å². The van der Waals surface area contributed by atoms with Gasteiger partial charge in [-0.15, -0.1) is 12.4 Å². The first-order valence-corrected chi connectivity index (χ1v) is 7.52. The van der Waals surface area contributed by atoms with Gasteiger partial charge in [0.25, 0.3) is 5.91 Å². The van der Waals surface area contributed by atoms with Gasteiger partial charge in [-0.05, 0) is 25.2 Å². The Kier molecular flexibility index (Phi) is 7.06. The van der Waals surface area contributed by atoms with Crippen LogP contribution in [0.4, 0.5) is 0 Å². The predicted molar refractivity (Wildman–Crippen MR) is 96.3 cm³/mol. The third kappa shape index (κ3) is 4.46. The number of nitrogens with one attached hydrogen (secondary N) is 2. The number of carbonyl (C=O) groups is 1. The van der Waals surface area contributed by atoms with Crippen molar-refractivity contribution >= 4 is 35.2 Å². The Labute approximate surface area is 142 Å². The molecule has 0 radical (unpaired) electrons. The third-order valence-electron chi connectivity index (χ3n) is 3.83. The van der Waals surface area contributed by atoms with Crippen molar-refractivity contribution in [2.75, 3.05) is 26.2 Å². The summed E-state index contributed by atoms with van der Waals surface area (Å²) in [5.74, 6) is -0.494. The van der Waals surface area contributed by atoms with Crippen molar-refractivity contribution in [3.63, 3.8) is 0 Å². The number of aromatic nitrogens is 1. The minimum atomic E-state index is -0.268. The van der Waals surface area contributed by atoms with E-state index in [0.29, 0.717) is 18.8 Å². The minimum Gasteiger partial charge on any atom is -0.370 e. The number of hydrogen-bond donors (Lipinski definition) is 3. The number of hydrogen-bond acceptors (Lipinski definition) is 3. The SMILES string of the molecule is CCN(CC)CCN(C(=N)N)C(=O)c1cc2ccccc2[nH]1.Cl. The number of rotatable bonds is 6. The maximum absolute atomic E-state index is 12.6. The molecule has 0 aliphatic heterocycles. The van der Waals surface area contributed by atoms with Crippen LogP contribution in [0.1, 0.15) is 24.3 Å². The molecule has 0 aliphatic rings. The van der Waals surface area contributed by atoms with Gasteiger partial charge in [0.15, 0.2) is 5.96 Å². The molecule has 0 unspecified atom stereocenters. The van der Waals surface area contributed by atoms with Gasteiger partial charge in [0, 0.05) is 24.0 Å². The number of para-hydroxylation sites is 1. The van der Waals surface area contributed by atoms with E-state index in [0.717, 1.165) is 24.0 Å². The molecule has 0 atom stereocenters. The number of carbonyl (C=O) groups excluding carboxylic acids is 1. The van der Waals surface area contributed by atoms with Crippen LogP contribution in [0.2, 0.25) is 0 Å². The van der Waals surface area contributed by atoms with Gasteiger partial charge in [0.05, 0.1) is 0 Å². The number of amides is 1. The molecule has 0 aliphatic carbocycles. The van der Waals surface area contributed by atoms with Crippen molar-refractivity contribution in [3.8, 4) is 0 Å². The van der Waals surface area contributed by atoms with Crippen LogP contribution in [0.15, 0.2) is 30.3 Å². The molecule has 1 aromatic carbocycles. The zero-order chi connectivity index (χ0) is 16.1. The van der Waals surface area contributed by atoms with Gasteiger partial charge >= 0.3 is 0 Å². The van der Waals surface area contributed by atoms with Crippen LogP contribution in [0.3, 0.4) is 0 Å². The van der Waals surface area contributed by atoms with Gasteiger partial charge < -0.3 is 15.6 Å². The predicted octanol–water partition coefficient (Wildman–Crippen LogP) is 2.27. The summed E-state index contributed by atoms with van der Waals surface area (Å²) in [4.78, 5) is 19.2. The van der Waals surface area contributed by atoms with Gasteiger partial charge in [-0.25, -0.2) is 0 Å². The normalized spacial score (nSPS) is 10.6. The highest BCUT2D eigenvalue weighted by Gasteiger charge is 2.20. The van der Waals surface area contributed by atoms with Crippen molar-refractivity contribution in [3.05, 3.63) is 36.0 Å². The average molecular weight is 338 g/mol. The fourth-order valence-corrected chi connectivity index (χ4v) is 2.45. The van der Waals surface area contributed by atoms with E-state index in [2.05, 4.69) is 23.7 Å². The fraction of sp³-hybridized carbons (Fsp3) is 0.375. The maximum atomic E-state index is 12.6. The van der Waals surface area contributed by atoms with E-state index in [-0.39, 0.29) is 24.3 Å². The van der Waals surface area contributed by atoms with Gasteiger partial charge in [0.2, 0.25) is 0 Å². The number of guanidine groups is 1. The number of likely N-dealkylation sites (N-methyl/N-ethyl adjacent to an activating group) is 1. The number of benzene rings is 1. The van der Waals surface area contributed by atoms with Gasteiger partial charge in [-0.3, -0.25) is 15.1 Å². The Morgan fingerprint density at radius 1 is 1.22 bits per heavy atom. The Balaban J connectivity index is 0.00000264. The number of nitrogens with zero attached hydrogens (tertiary/aromatic N) is 2. The zero-order valence-corrected chi connectivity index (χ0v) is 14.3. The molecule has 6 nitrogen and oxygen atoms in total. The summed E-state index contributed by atoms with van der Waals surface area (Å²) in [7, 11) is 0. The maximum Gasteiger partial charge on any atom is 0.277 e. The average Bonchev–Trinajstić information content (AvgIpc) is 2.95. The highest BCUT2D eigenvalue weighted by molar-refractivity contribution is 6.05. The van der Waals surface area contributed by atoms with Crippen LogP contribution in [0.5, 0.6) is 0 Å². The van der Waals surface area contributed by atoms with Crippen molar-refractivity contribution in [1.82, 2.24) is 14.8 Å². The first-order valence-electron chi connectivity index (χ1n) is 7.52. The largest absolute Gasteiger partial charge is 0.370 e. The lowest BCUT2D eigenvalue weighted by Crippen LogP contribution is -2.45. The molecule has 7 heteroatoms. The Bertz CT molecular complexity index is 632. The molecule has 1 amide bonds. The van der Waals surface area contributed by atoms with Crippen molar-refractivity contribution in [2.24, 2.45) is 5.73 Å². The highest BCUT2D eigenvalue weighted by atomic mass is 35.5. The lowest BCUT2D eigenvalue weighted by molar-refractivity contribution is 0.0828. The second-order valence-corrected chi connectivity index (χ2v) is 5.14. The second-order valence-electron chi connectivity index (χ2n) is 5.14. The van der Waals surface area contributed by atoms with Crippen LogP contribution in [-0.4, -0.2) is 52.8 Å². The number of nitrogens with two attached hydrogens (primary N) is 1. The fourth-order valence-electron chi connectivity index (χ4n) is 2.45. The summed E-state index contributed by atoms with van der Waals surface area (Å²) in [6.45, 7) is 7.05. The van der Waals surface area contributed by atoms with E-state index in [1.54, 1.807) is 6.07 Å². The summed E-state index contributed by atoms with van der Waals surface area (Å²) in [5, 5.41) is 8.65. The Morgan fingerprint density at radius 2 is 1.87 bits per heavy atom. The molecule has 1 aromatic heterocycles. The second kappa shape index (κ2) is 8.55. The molecule has 4 N–H and O–H groups in total. The van der Waals surface area contributed by atoms with Crippen LogP contribution in [-0.2, 0) is 0 Å². The van der Waals surface area contributed by atoms with Crippen molar-refractivity contribution < 1.29 is 4.79 Å². The molecule has 23 heavy (non-hydrogen) atoms. The van der Waals surface area contributed by atoms with E-state index in [9.17, 15) is 4.79 Å². The number of aromatic amines is 1.